The molecule has 56 valence electrons. The summed E-state index contributed by atoms with van der Waals surface area (Å²) < 4.78 is 0. The Labute approximate surface area is 60.7 Å². The maximum atomic E-state index is 10.8. The van der Waals surface area contributed by atoms with Crippen LogP contribution in [0.5, 0.6) is 0 Å². The van der Waals surface area contributed by atoms with Crippen molar-refractivity contribution < 1.29 is 4.79 Å². The molecule has 1 amide bonds. The van der Waals surface area contributed by atoms with Gasteiger partial charge in [0.15, 0.2) is 0 Å². The third kappa shape index (κ3) is 1.12. The van der Waals surface area contributed by atoms with E-state index in [0.29, 0.717) is 0 Å². The van der Waals surface area contributed by atoms with Gasteiger partial charge in [0.2, 0.25) is 5.91 Å². The van der Waals surface area contributed by atoms with E-state index in [9.17, 15) is 4.79 Å². The van der Waals surface area contributed by atoms with Gasteiger partial charge in [-0.1, -0.05) is 0 Å². The van der Waals surface area contributed by atoms with Gasteiger partial charge in [-0.2, -0.15) is 0 Å². The van der Waals surface area contributed by atoms with E-state index >= 15 is 0 Å². The van der Waals surface area contributed by atoms with Crippen molar-refractivity contribution >= 4 is 5.91 Å². The number of hydrogen-bond acceptors (Lipinski definition) is 2. The van der Waals surface area contributed by atoms with E-state index in [-0.39, 0.29) is 11.9 Å². The summed E-state index contributed by atoms with van der Waals surface area (Å²) in [4.78, 5) is 10.8. The molecule has 1 aliphatic heterocycles. The molecular formula is C7H12N2O. The topological polar surface area (TPSA) is 32.3 Å². The second-order valence-corrected chi connectivity index (χ2v) is 2.59. The van der Waals surface area contributed by atoms with Crippen LogP contribution in [0.1, 0.15) is 20.8 Å². The number of carbonyl (C=O) groups is 1. The molecule has 0 fully saturated rings. The Kier molecular flexibility index (Phi) is 1.66. The minimum absolute atomic E-state index is 0.0561. The van der Waals surface area contributed by atoms with Crippen LogP contribution in [0, 0.1) is 0 Å². The summed E-state index contributed by atoms with van der Waals surface area (Å²) in [6, 6.07) is 0.192. The highest BCUT2D eigenvalue weighted by Gasteiger charge is 2.19. The largest absolute Gasteiger partial charge is 0.300 e. The monoisotopic (exact) mass is 140 g/mol. The minimum Gasteiger partial charge on any atom is -0.300 e. The van der Waals surface area contributed by atoms with Crippen LogP contribution in [0.4, 0.5) is 0 Å². The summed E-state index contributed by atoms with van der Waals surface area (Å²) in [6.07, 6.45) is 2.02. The first-order valence-electron chi connectivity index (χ1n) is 3.36. The van der Waals surface area contributed by atoms with Crippen molar-refractivity contribution in [2.24, 2.45) is 0 Å². The lowest BCUT2D eigenvalue weighted by atomic mass is 10.3. The van der Waals surface area contributed by atoms with Crippen LogP contribution in [0.15, 0.2) is 11.8 Å². The highest BCUT2D eigenvalue weighted by atomic mass is 16.2. The predicted molar refractivity (Wildman–Crippen MR) is 38.9 cm³/mol. The Morgan fingerprint density at radius 3 is 2.60 bits per heavy atom. The van der Waals surface area contributed by atoms with Gasteiger partial charge in [-0.3, -0.25) is 9.80 Å². The smallest absolute Gasteiger partial charge is 0.238 e. The first-order chi connectivity index (χ1) is 4.61. The molecule has 0 aromatic rings. The average Bonchev–Trinajstić information content (AvgIpc) is 2.10. The SMILES string of the molecule is CC(=O)N1NC(C)=CC1C. The molecule has 0 spiro atoms. The van der Waals surface area contributed by atoms with E-state index in [0.717, 1.165) is 5.70 Å². The number of hydrazine groups is 1. The average molecular weight is 140 g/mol. The fourth-order valence-corrected chi connectivity index (χ4v) is 1.13. The molecule has 1 atom stereocenters. The molecule has 1 heterocycles. The van der Waals surface area contributed by atoms with Gasteiger partial charge in [0, 0.05) is 12.6 Å². The van der Waals surface area contributed by atoms with Crippen LogP contribution in [0.3, 0.4) is 0 Å². The molecule has 3 heteroatoms. The first kappa shape index (κ1) is 7.12. The number of nitrogens with zero attached hydrogens (tertiary/aromatic N) is 1. The van der Waals surface area contributed by atoms with Gasteiger partial charge < -0.3 is 5.43 Å². The number of amides is 1. The molecule has 1 aliphatic rings. The number of allylic oxidation sites excluding steroid dienone is 1. The number of rotatable bonds is 0. The molecule has 0 aromatic heterocycles. The van der Waals surface area contributed by atoms with Crippen molar-refractivity contribution in [1.82, 2.24) is 10.4 Å². The fraction of sp³-hybridized carbons (Fsp3) is 0.571. The molecule has 0 saturated heterocycles. The van der Waals surface area contributed by atoms with Gasteiger partial charge in [0.05, 0.1) is 6.04 Å². The molecular weight excluding hydrogens is 128 g/mol. The molecule has 0 bridgehead atoms. The van der Waals surface area contributed by atoms with E-state index < -0.39 is 0 Å². The summed E-state index contributed by atoms with van der Waals surface area (Å²) in [5, 5.41) is 1.61. The Morgan fingerprint density at radius 2 is 2.40 bits per heavy atom. The zero-order chi connectivity index (χ0) is 7.72. The first-order valence-corrected chi connectivity index (χ1v) is 3.36. The van der Waals surface area contributed by atoms with E-state index in [1.807, 2.05) is 19.9 Å². The summed E-state index contributed by atoms with van der Waals surface area (Å²) in [5.74, 6) is 0.0561. The summed E-state index contributed by atoms with van der Waals surface area (Å²) in [6.45, 7) is 5.47. The maximum absolute atomic E-state index is 10.8. The highest BCUT2D eigenvalue weighted by molar-refractivity contribution is 5.74. The van der Waals surface area contributed by atoms with Crippen LogP contribution < -0.4 is 5.43 Å². The normalized spacial score (nSPS) is 24.1. The molecule has 0 aliphatic carbocycles. The maximum Gasteiger partial charge on any atom is 0.238 e. The van der Waals surface area contributed by atoms with Crippen molar-refractivity contribution in [2.45, 2.75) is 26.8 Å². The van der Waals surface area contributed by atoms with Crippen LogP contribution in [-0.2, 0) is 4.79 Å². The van der Waals surface area contributed by atoms with Gasteiger partial charge in [0.1, 0.15) is 0 Å². The van der Waals surface area contributed by atoms with Gasteiger partial charge in [0.25, 0.3) is 0 Å². The van der Waals surface area contributed by atoms with Crippen LogP contribution in [0.25, 0.3) is 0 Å². The Bertz CT molecular complexity index is 186. The minimum atomic E-state index is 0.0561. The van der Waals surface area contributed by atoms with Crippen LogP contribution in [-0.4, -0.2) is 17.0 Å². The van der Waals surface area contributed by atoms with Crippen molar-refractivity contribution in [3.05, 3.63) is 11.8 Å². The Morgan fingerprint density at radius 1 is 1.80 bits per heavy atom. The standard InChI is InChI=1S/C7H12N2O/c1-5-4-6(2)9(8-5)7(3)10/h4,6,8H,1-3H3. The van der Waals surface area contributed by atoms with E-state index in [1.165, 1.54) is 0 Å². The van der Waals surface area contributed by atoms with Crippen molar-refractivity contribution in [3.63, 3.8) is 0 Å². The van der Waals surface area contributed by atoms with Gasteiger partial charge in [-0.05, 0) is 19.9 Å². The zero-order valence-electron chi connectivity index (χ0n) is 6.51. The van der Waals surface area contributed by atoms with Crippen molar-refractivity contribution in [1.29, 1.82) is 0 Å². The summed E-state index contributed by atoms with van der Waals surface area (Å²) in [5.41, 5.74) is 3.99. The molecule has 0 saturated carbocycles. The molecule has 1 unspecified atom stereocenters. The lowest BCUT2D eigenvalue weighted by Crippen LogP contribution is -2.40. The second-order valence-electron chi connectivity index (χ2n) is 2.59. The molecule has 10 heavy (non-hydrogen) atoms. The number of hydrogen-bond donors (Lipinski definition) is 1. The molecule has 0 aromatic carbocycles. The molecule has 1 N–H and O–H groups in total. The van der Waals surface area contributed by atoms with E-state index in [2.05, 4.69) is 5.43 Å². The summed E-state index contributed by atoms with van der Waals surface area (Å²) in [7, 11) is 0. The van der Waals surface area contributed by atoms with Crippen LogP contribution in [0.2, 0.25) is 0 Å². The zero-order valence-corrected chi connectivity index (χ0v) is 6.51. The fourth-order valence-electron chi connectivity index (χ4n) is 1.13. The van der Waals surface area contributed by atoms with Gasteiger partial charge >= 0.3 is 0 Å². The van der Waals surface area contributed by atoms with E-state index in [1.54, 1.807) is 11.9 Å². The lowest BCUT2D eigenvalue weighted by molar-refractivity contribution is -0.131. The van der Waals surface area contributed by atoms with Crippen molar-refractivity contribution in [3.8, 4) is 0 Å². The van der Waals surface area contributed by atoms with Gasteiger partial charge in [-0.25, -0.2) is 0 Å². The quantitative estimate of drug-likeness (QED) is 0.535. The third-order valence-electron chi connectivity index (χ3n) is 1.53. The molecule has 1 rings (SSSR count). The van der Waals surface area contributed by atoms with Crippen molar-refractivity contribution in [2.75, 3.05) is 0 Å². The highest BCUT2D eigenvalue weighted by Crippen LogP contribution is 2.09. The number of carbonyl (C=O) groups excluding carboxylic acids is 1. The Balaban J connectivity index is 2.63. The lowest BCUT2D eigenvalue weighted by Gasteiger charge is -2.19. The van der Waals surface area contributed by atoms with E-state index in [4.69, 9.17) is 0 Å². The Hall–Kier alpha value is -0.990. The third-order valence-corrected chi connectivity index (χ3v) is 1.53. The van der Waals surface area contributed by atoms with Crippen LogP contribution >= 0.6 is 0 Å². The molecule has 3 nitrogen and oxygen atoms in total. The predicted octanol–water partition coefficient (Wildman–Crippen LogP) is 0.645. The molecule has 0 radical (unpaired) electrons. The number of nitrogens with one attached hydrogen (secondary N) is 1. The second kappa shape index (κ2) is 2.33. The summed E-state index contributed by atoms with van der Waals surface area (Å²) >= 11 is 0. The van der Waals surface area contributed by atoms with Gasteiger partial charge in [-0.15, -0.1) is 0 Å².